The third-order valence-corrected chi connectivity index (χ3v) is 2.23. The Balaban J connectivity index is 4.47. The molecule has 98 valence electrons. The van der Waals surface area contributed by atoms with Crippen LogP contribution < -0.4 is 10.6 Å². The van der Waals surface area contributed by atoms with Crippen LogP contribution in [0.5, 0.6) is 0 Å². The van der Waals surface area contributed by atoms with Crippen molar-refractivity contribution >= 4 is 30.4 Å². The van der Waals surface area contributed by atoms with Gasteiger partial charge in [-0.3, -0.25) is 9.59 Å². The van der Waals surface area contributed by atoms with Gasteiger partial charge < -0.3 is 20.5 Å². The van der Waals surface area contributed by atoms with Crippen LogP contribution in [0, 0.1) is 0 Å². The van der Waals surface area contributed by atoms with Crippen LogP contribution in [0.25, 0.3) is 0 Å². The molecule has 0 spiro atoms. The molecule has 0 rings (SSSR count). The maximum absolute atomic E-state index is 11.6. The highest BCUT2D eigenvalue weighted by Crippen LogP contribution is 1.93. The average Bonchev–Trinajstić information content (AvgIpc) is 2.31. The first-order valence-electron chi connectivity index (χ1n) is 4.83. The predicted molar refractivity (Wildman–Crippen MR) is 62.5 cm³/mol. The number of aliphatic hydroxyl groups excluding tert-OH is 1. The van der Waals surface area contributed by atoms with E-state index < -0.39 is 36.5 Å². The number of esters is 1. The predicted octanol–water partition coefficient (Wildman–Crippen LogP) is -1.93. The molecule has 0 aromatic carbocycles. The van der Waals surface area contributed by atoms with Gasteiger partial charge in [-0.15, -0.1) is 0 Å². The first-order valence-corrected chi connectivity index (χ1v) is 5.46. The Kier molecular flexibility index (Phi) is 7.31. The van der Waals surface area contributed by atoms with E-state index in [1.807, 2.05) is 0 Å². The molecule has 2 atom stereocenters. The van der Waals surface area contributed by atoms with E-state index >= 15 is 0 Å². The van der Waals surface area contributed by atoms with Crippen LogP contribution in [-0.4, -0.2) is 54.4 Å². The number of carbonyl (C=O) groups is 3. The fraction of sp³-hybridized carbons (Fsp3) is 0.667. The molecule has 0 saturated carbocycles. The van der Waals surface area contributed by atoms with E-state index in [0.29, 0.717) is 0 Å². The van der Waals surface area contributed by atoms with Crippen molar-refractivity contribution in [3.63, 3.8) is 0 Å². The van der Waals surface area contributed by atoms with E-state index in [1.165, 1.54) is 6.92 Å². The van der Waals surface area contributed by atoms with Crippen LogP contribution >= 0.6 is 12.6 Å². The number of ether oxygens (including phenoxy) is 1. The minimum Gasteiger partial charge on any atom is -0.467 e. The minimum absolute atomic E-state index is 0.0741. The lowest BCUT2D eigenvalue weighted by atomic mass is 10.2. The second-order valence-corrected chi connectivity index (χ2v) is 3.57. The molecule has 7 nitrogen and oxygen atoms in total. The van der Waals surface area contributed by atoms with E-state index in [-0.39, 0.29) is 5.75 Å². The van der Waals surface area contributed by atoms with Gasteiger partial charge in [-0.25, -0.2) is 4.79 Å². The molecule has 0 aliphatic rings. The van der Waals surface area contributed by atoms with Gasteiger partial charge in [0.2, 0.25) is 11.8 Å². The Labute approximate surface area is 104 Å². The topological polar surface area (TPSA) is 105 Å². The molecule has 0 aromatic rings. The Morgan fingerprint density at radius 2 is 1.88 bits per heavy atom. The van der Waals surface area contributed by atoms with Crippen LogP contribution in [0.4, 0.5) is 0 Å². The molecule has 0 unspecified atom stereocenters. The van der Waals surface area contributed by atoms with Crippen molar-refractivity contribution in [1.82, 2.24) is 10.6 Å². The van der Waals surface area contributed by atoms with Crippen LogP contribution in [0.15, 0.2) is 0 Å². The molecule has 8 heteroatoms. The van der Waals surface area contributed by atoms with Crippen LogP contribution in [-0.2, 0) is 19.1 Å². The second-order valence-electron chi connectivity index (χ2n) is 3.20. The summed E-state index contributed by atoms with van der Waals surface area (Å²) in [6.45, 7) is 0.672. The number of rotatable bonds is 6. The second kappa shape index (κ2) is 7.91. The summed E-state index contributed by atoms with van der Waals surface area (Å²) in [7, 11) is 1.14. The van der Waals surface area contributed by atoms with Crippen LogP contribution in [0.1, 0.15) is 6.92 Å². The van der Waals surface area contributed by atoms with Crippen LogP contribution in [0.2, 0.25) is 0 Å². The lowest BCUT2D eigenvalue weighted by Crippen LogP contribution is -2.53. The molecule has 0 fully saturated rings. The number of aliphatic hydroxyl groups is 1. The maximum Gasteiger partial charge on any atom is 0.330 e. The Morgan fingerprint density at radius 1 is 1.29 bits per heavy atom. The molecule has 0 aromatic heterocycles. The van der Waals surface area contributed by atoms with Gasteiger partial charge in [-0.05, 0) is 0 Å². The van der Waals surface area contributed by atoms with Crippen molar-refractivity contribution in [3.8, 4) is 0 Å². The summed E-state index contributed by atoms with van der Waals surface area (Å²) in [5.74, 6) is -1.69. The third kappa shape index (κ3) is 5.55. The molecular formula is C9H16N2O5S. The molecule has 0 aliphatic heterocycles. The van der Waals surface area contributed by atoms with Crippen molar-refractivity contribution in [2.45, 2.75) is 19.0 Å². The number of hydrogen-bond donors (Lipinski definition) is 4. The average molecular weight is 264 g/mol. The number of methoxy groups -OCH3 is 1. The monoisotopic (exact) mass is 264 g/mol. The Morgan fingerprint density at radius 3 is 2.24 bits per heavy atom. The first kappa shape index (κ1) is 15.7. The molecule has 0 heterocycles. The molecule has 2 amide bonds. The summed E-state index contributed by atoms with van der Waals surface area (Å²) < 4.78 is 4.38. The molecule has 0 bridgehead atoms. The van der Waals surface area contributed by atoms with E-state index in [0.717, 1.165) is 7.11 Å². The third-order valence-electron chi connectivity index (χ3n) is 1.86. The lowest BCUT2D eigenvalue weighted by molar-refractivity contribution is -0.146. The molecule has 0 radical (unpaired) electrons. The van der Waals surface area contributed by atoms with E-state index in [9.17, 15) is 14.4 Å². The molecular weight excluding hydrogens is 248 g/mol. The zero-order valence-corrected chi connectivity index (χ0v) is 10.5. The smallest absolute Gasteiger partial charge is 0.330 e. The zero-order chi connectivity index (χ0) is 13.4. The normalized spacial score (nSPS) is 13.4. The number of carbonyl (C=O) groups excluding carboxylic acids is 3. The lowest BCUT2D eigenvalue weighted by Gasteiger charge is -2.19. The standard InChI is InChI=1S/C9H16N2O5S/c1-5(13)10-7(4-17)8(14)11-6(3-12)9(15)16-2/h6-7,12,17H,3-4H2,1-2H3,(H,10,13)(H,11,14)/t6-,7-/m0/s1. The van der Waals surface area contributed by atoms with Crippen molar-refractivity contribution in [1.29, 1.82) is 0 Å². The molecule has 17 heavy (non-hydrogen) atoms. The van der Waals surface area contributed by atoms with Crippen molar-refractivity contribution in [3.05, 3.63) is 0 Å². The SMILES string of the molecule is COC(=O)[C@H](CO)NC(=O)[C@H](CS)NC(C)=O. The largest absolute Gasteiger partial charge is 0.467 e. The van der Waals surface area contributed by atoms with Crippen molar-refractivity contribution < 1.29 is 24.2 Å². The summed E-state index contributed by atoms with van der Waals surface area (Å²) in [5, 5.41) is 13.5. The first-order chi connectivity index (χ1) is 7.96. The summed E-state index contributed by atoms with van der Waals surface area (Å²) in [6, 6.07) is -2.02. The van der Waals surface area contributed by atoms with E-state index in [1.54, 1.807) is 0 Å². The fourth-order valence-electron chi connectivity index (χ4n) is 1.03. The zero-order valence-electron chi connectivity index (χ0n) is 9.60. The highest BCUT2D eigenvalue weighted by atomic mass is 32.1. The van der Waals surface area contributed by atoms with E-state index in [4.69, 9.17) is 5.11 Å². The Bertz CT molecular complexity index is 297. The van der Waals surface area contributed by atoms with Gasteiger partial charge in [0.25, 0.3) is 0 Å². The van der Waals surface area contributed by atoms with Gasteiger partial charge in [-0.1, -0.05) is 0 Å². The van der Waals surface area contributed by atoms with Gasteiger partial charge in [0.15, 0.2) is 6.04 Å². The number of nitrogens with one attached hydrogen (secondary N) is 2. The highest BCUT2D eigenvalue weighted by molar-refractivity contribution is 7.80. The summed E-state index contributed by atoms with van der Waals surface area (Å²) in [4.78, 5) is 33.5. The maximum atomic E-state index is 11.6. The summed E-state index contributed by atoms with van der Waals surface area (Å²) in [5.41, 5.74) is 0. The van der Waals surface area contributed by atoms with Gasteiger partial charge >= 0.3 is 5.97 Å². The van der Waals surface area contributed by atoms with Crippen molar-refractivity contribution in [2.24, 2.45) is 0 Å². The summed E-state index contributed by atoms with van der Waals surface area (Å²) >= 11 is 3.90. The van der Waals surface area contributed by atoms with Gasteiger partial charge in [0, 0.05) is 12.7 Å². The van der Waals surface area contributed by atoms with Gasteiger partial charge in [-0.2, -0.15) is 12.6 Å². The Hall–Kier alpha value is -1.28. The molecule has 0 saturated heterocycles. The van der Waals surface area contributed by atoms with Crippen molar-refractivity contribution in [2.75, 3.05) is 19.5 Å². The summed E-state index contributed by atoms with van der Waals surface area (Å²) in [6.07, 6.45) is 0. The molecule has 3 N–H and O–H groups in total. The number of hydrogen-bond acceptors (Lipinski definition) is 6. The quantitative estimate of drug-likeness (QED) is 0.330. The van der Waals surface area contributed by atoms with E-state index in [2.05, 4.69) is 28.0 Å². The van der Waals surface area contributed by atoms with Crippen LogP contribution in [0.3, 0.4) is 0 Å². The highest BCUT2D eigenvalue weighted by Gasteiger charge is 2.25. The van der Waals surface area contributed by atoms with Gasteiger partial charge in [0.05, 0.1) is 13.7 Å². The minimum atomic E-state index is -1.15. The molecule has 0 aliphatic carbocycles. The number of thiol groups is 1. The fourth-order valence-corrected chi connectivity index (χ4v) is 1.29. The van der Waals surface area contributed by atoms with Gasteiger partial charge in [0.1, 0.15) is 6.04 Å². The number of amides is 2.